The molecule has 1 aliphatic rings. The van der Waals surface area contributed by atoms with Crippen LogP contribution in [-0.4, -0.2) is 102 Å². The minimum Gasteiger partial charge on any atom is -0.476 e. The molecule has 1 aliphatic heterocycles. The number of nitriles is 1. The molecule has 4 aromatic rings. The van der Waals surface area contributed by atoms with E-state index < -0.39 is 18.2 Å². The monoisotopic (exact) mass is 609 g/mol. The number of aromatic nitrogens is 3. The Morgan fingerprint density at radius 2 is 1.88 bits per heavy atom. The van der Waals surface area contributed by atoms with Crippen molar-refractivity contribution >= 4 is 34.7 Å². The van der Waals surface area contributed by atoms with E-state index in [-0.39, 0.29) is 17.2 Å². The maximum absolute atomic E-state index is 14.9. The summed E-state index contributed by atoms with van der Waals surface area (Å²) in [5.74, 6) is -2.43. The van der Waals surface area contributed by atoms with Gasteiger partial charge in [0.15, 0.2) is 29.6 Å². The third kappa shape index (κ3) is 6.69. The minimum atomic E-state index is -1.19. The van der Waals surface area contributed by atoms with Crippen LogP contribution in [0.5, 0.6) is 5.75 Å². The number of carbonyl (C=O) groups is 1. The molecule has 0 unspecified atom stereocenters. The second-order valence-corrected chi connectivity index (χ2v) is 11.7. The van der Waals surface area contributed by atoms with Crippen molar-refractivity contribution in [1.29, 1.82) is 5.26 Å². The van der Waals surface area contributed by atoms with Gasteiger partial charge in [0.05, 0.1) is 50.2 Å². The summed E-state index contributed by atoms with van der Waals surface area (Å²) in [6.45, 7) is 4.54. The van der Waals surface area contributed by atoms with Gasteiger partial charge in [-0.1, -0.05) is 11.6 Å². The number of amides is 1. The molecule has 224 valence electrons. The highest BCUT2D eigenvalue weighted by Gasteiger charge is 2.25. The number of hydrogen-bond acceptors (Lipinski definition) is 7. The zero-order valence-electron chi connectivity index (χ0n) is 24.1. The van der Waals surface area contributed by atoms with Gasteiger partial charge in [0.2, 0.25) is 5.82 Å². The van der Waals surface area contributed by atoms with Crippen LogP contribution in [0.25, 0.3) is 16.9 Å². The zero-order valence-corrected chi connectivity index (χ0v) is 24.9. The van der Waals surface area contributed by atoms with E-state index in [0.29, 0.717) is 46.5 Å². The van der Waals surface area contributed by atoms with Gasteiger partial charge >= 0.3 is 0 Å². The number of hydrogen-bond donors (Lipinski definition) is 1. The number of rotatable bonds is 9. The van der Waals surface area contributed by atoms with E-state index in [2.05, 4.69) is 41.3 Å². The molecule has 43 heavy (non-hydrogen) atoms. The fraction of sp³-hybridized carbons (Fsp3) is 0.333. The summed E-state index contributed by atoms with van der Waals surface area (Å²) in [6.07, 6.45) is 4.49. The molecule has 2 aromatic carbocycles. The van der Waals surface area contributed by atoms with Gasteiger partial charge in [-0.05, 0) is 30.3 Å². The topological polar surface area (TPSA) is 98.8 Å². The highest BCUT2D eigenvalue weighted by Crippen LogP contribution is 2.32. The van der Waals surface area contributed by atoms with Crippen LogP contribution in [0.1, 0.15) is 10.4 Å². The van der Waals surface area contributed by atoms with Crippen LogP contribution in [0, 0.1) is 23.0 Å². The molecular formula is C30H32ClF2N8O2+. The lowest BCUT2D eigenvalue weighted by Crippen LogP contribution is -2.51. The van der Waals surface area contributed by atoms with Gasteiger partial charge in [-0.2, -0.15) is 9.65 Å². The Kier molecular flexibility index (Phi) is 8.77. The fourth-order valence-electron chi connectivity index (χ4n) is 4.85. The number of nitrogens with one attached hydrogen (secondary N) is 1. The standard InChI is InChI=1S/C30H31ClF2N8O2/c1-41(2,3)16-15-38-11-13-39(14-12-38)30(42)21-5-4-20(18-23(21)31)37-28-29-36-19-24(40(29)10-9-35-28)22-6-7-25(43-17-8-34)27(33)26(22)32/h4-7,9-10,18-19H,11-17H2,1-3H3/p+1. The first-order valence-corrected chi connectivity index (χ1v) is 14.1. The van der Waals surface area contributed by atoms with Crippen LogP contribution in [0.3, 0.4) is 0 Å². The average molecular weight is 610 g/mol. The molecule has 0 aliphatic carbocycles. The Hall–Kier alpha value is -4.31. The molecule has 0 bridgehead atoms. The van der Waals surface area contributed by atoms with Crippen LogP contribution in [-0.2, 0) is 0 Å². The number of quaternary nitrogens is 1. The number of ether oxygens (including phenoxy) is 1. The van der Waals surface area contributed by atoms with Crippen LogP contribution in [0.15, 0.2) is 48.9 Å². The van der Waals surface area contributed by atoms with Crippen molar-refractivity contribution in [3.63, 3.8) is 0 Å². The van der Waals surface area contributed by atoms with Crippen molar-refractivity contribution in [3.8, 4) is 23.1 Å². The molecule has 13 heteroatoms. The van der Waals surface area contributed by atoms with E-state index in [1.807, 2.05) is 4.90 Å². The molecular weight excluding hydrogens is 578 g/mol. The fourth-order valence-corrected chi connectivity index (χ4v) is 5.11. The number of anilines is 2. The van der Waals surface area contributed by atoms with E-state index in [4.69, 9.17) is 21.6 Å². The first-order chi connectivity index (χ1) is 20.6. The minimum absolute atomic E-state index is 0.0356. The summed E-state index contributed by atoms with van der Waals surface area (Å²) in [4.78, 5) is 26.2. The summed E-state index contributed by atoms with van der Waals surface area (Å²) in [7, 11) is 6.51. The van der Waals surface area contributed by atoms with E-state index >= 15 is 0 Å². The Morgan fingerprint density at radius 3 is 2.58 bits per heavy atom. The van der Waals surface area contributed by atoms with Gasteiger partial charge < -0.3 is 19.4 Å². The Labute approximate surface area is 253 Å². The Balaban J connectivity index is 1.30. The van der Waals surface area contributed by atoms with Crippen molar-refractivity contribution in [2.24, 2.45) is 0 Å². The number of halogens is 3. The molecule has 0 radical (unpaired) electrons. The van der Waals surface area contributed by atoms with Gasteiger partial charge in [-0.25, -0.2) is 14.4 Å². The van der Waals surface area contributed by atoms with Crippen molar-refractivity contribution in [1.82, 2.24) is 24.2 Å². The lowest BCUT2D eigenvalue weighted by Gasteiger charge is -2.36. The molecule has 3 heterocycles. The van der Waals surface area contributed by atoms with Crippen LogP contribution >= 0.6 is 11.6 Å². The third-order valence-electron chi connectivity index (χ3n) is 7.25. The predicted molar refractivity (Wildman–Crippen MR) is 159 cm³/mol. The van der Waals surface area contributed by atoms with E-state index in [9.17, 15) is 13.6 Å². The predicted octanol–water partition coefficient (Wildman–Crippen LogP) is 4.44. The lowest BCUT2D eigenvalue weighted by atomic mass is 10.1. The second-order valence-electron chi connectivity index (χ2n) is 11.3. The highest BCUT2D eigenvalue weighted by atomic mass is 35.5. The smallest absolute Gasteiger partial charge is 0.255 e. The van der Waals surface area contributed by atoms with Crippen molar-refractivity contribution < 1.29 is 22.8 Å². The molecule has 1 saturated heterocycles. The molecule has 0 saturated carbocycles. The maximum Gasteiger partial charge on any atom is 0.255 e. The van der Waals surface area contributed by atoms with Crippen molar-refractivity contribution in [3.05, 3.63) is 71.1 Å². The SMILES string of the molecule is C[N+](C)(C)CCN1CCN(C(=O)c2ccc(Nc3nccn4c(-c5ccc(OCC#N)c(F)c5F)cnc34)cc2Cl)CC1. The van der Waals surface area contributed by atoms with Crippen LogP contribution in [0.4, 0.5) is 20.3 Å². The maximum atomic E-state index is 14.9. The number of piperazine rings is 1. The van der Waals surface area contributed by atoms with E-state index in [0.717, 1.165) is 30.7 Å². The number of carbonyl (C=O) groups excluding carboxylic acids is 1. The Morgan fingerprint density at radius 1 is 1.12 bits per heavy atom. The quantitative estimate of drug-likeness (QED) is 0.280. The molecule has 0 atom stereocenters. The molecule has 1 N–H and O–H groups in total. The number of nitrogens with zero attached hydrogens (tertiary/aromatic N) is 7. The largest absolute Gasteiger partial charge is 0.476 e. The number of imidazole rings is 1. The van der Waals surface area contributed by atoms with Gasteiger partial charge in [-0.3, -0.25) is 14.1 Å². The Bertz CT molecular complexity index is 1690. The highest BCUT2D eigenvalue weighted by molar-refractivity contribution is 6.34. The first-order valence-electron chi connectivity index (χ1n) is 13.7. The summed E-state index contributed by atoms with van der Waals surface area (Å²) in [6, 6.07) is 9.42. The van der Waals surface area contributed by atoms with Crippen molar-refractivity contribution in [2.45, 2.75) is 0 Å². The summed E-state index contributed by atoms with van der Waals surface area (Å²) < 4.78 is 36.9. The summed E-state index contributed by atoms with van der Waals surface area (Å²) in [5.41, 5.74) is 1.61. The zero-order chi connectivity index (χ0) is 30.7. The van der Waals surface area contributed by atoms with E-state index in [1.54, 1.807) is 34.9 Å². The van der Waals surface area contributed by atoms with Gasteiger partial charge in [-0.15, -0.1) is 0 Å². The second kappa shape index (κ2) is 12.5. The van der Waals surface area contributed by atoms with Crippen LogP contribution in [0.2, 0.25) is 5.02 Å². The van der Waals surface area contributed by atoms with Gasteiger partial charge in [0.25, 0.3) is 5.91 Å². The average Bonchev–Trinajstić information content (AvgIpc) is 3.41. The van der Waals surface area contributed by atoms with Crippen molar-refractivity contribution in [2.75, 3.05) is 72.3 Å². The molecule has 1 fully saturated rings. The molecule has 0 spiro atoms. The van der Waals surface area contributed by atoms with E-state index in [1.165, 1.54) is 24.5 Å². The van der Waals surface area contributed by atoms with Gasteiger partial charge in [0, 0.05) is 56.4 Å². The normalized spacial score (nSPS) is 14.1. The molecule has 1 amide bonds. The van der Waals surface area contributed by atoms with Crippen LogP contribution < -0.4 is 10.1 Å². The lowest BCUT2D eigenvalue weighted by molar-refractivity contribution is -0.869. The number of fused-ring (bicyclic) bond motifs is 1. The first kappa shape index (κ1) is 30.2. The summed E-state index contributed by atoms with van der Waals surface area (Å²) >= 11 is 6.57. The third-order valence-corrected chi connectivity index (χ3v) is 7.56. The van der Waals surface area contributed by atoms with Gasteiger partial charge in [0.1, 0.15) is 6.07 Å². The number of benzene rings is 2. The molecule has 5 rings (SSSR count). The number of likely N-dealkylation sites (N-methyl/N-ethyl adjacent to an activating group) is 1. The molecule has 2 aromatic heterocycles. The summed E-state index contributed by atoms with van der Waals surface area (Å²) in [5, 5.41) is 12.1. The molecule has 10 nitrogen and oxygen atoms in total.